The largest absolute Gasteiger partial charge is 0.497 e. The summed E-state index contributed by atoms with van der Waals surface area (Å²) in [6.45, 7) is 4.23. The molecule has 0 fully saturated rings. The van der Waals surface area contributed by atoms with Crippen LogP contribution >= 0.6 is 0 Å². The first kappa shape index (κ1) is 13.2. The van der Waals surface area contributed by atoms with Gasteiger partial charge in [-0.1, -0.05) is 19.9 Å². The van der Waals surface area contributed by atoms with E-state index in [1.165, 1.54) is 0 Å². The van der Waals surface area contributed by atoms with Crippen LogP contribution in [-0.4, -0.2) is 16.9 Å². The van der Waals surface area contributed by atoms with Crippen LogP contribution in [0, 0.1) is 11.3 Å². The highest BCUT2D eigenvalue weighted by atomic mass is 16.5. The number of nitriles is 1. The normalized spacial score (nSPS) is 10.5. The number of nitrogens with zero attached hydrogens (tertiary/aromatic N) is 3. The quantitative estimate of drug-likeness (QED) is 0.843. The van der Waals surface area contributed by atoms with Crippen molar-refractivity contribution in [1.29, 1.82) is 5.26 Å². The monoisotopic (exact) mass is 255 g/mol. The van der Waals surface area contributed by atoms with Gasteiger partial charge in [-0.3, -0.25) is 0 Å². The Morgan fingerprint density at radius 2 is 2.16 bits per heavy atom. The molecule has 1 heterocycles. The van der Waals surface area contributed by atoms with Crippen molar-refractivity contribution in [2.24, 2.45) is 0 Å². The predicted molar refractivity (Wildman–Crippen MR) is 73.5 cm³/mol. The predicted octanol–water partition coefficient (Wildman–Crippen LogP) is 3.07. The van der Waals surface area contributed by atoms with E-state index in [1.54, 1.807) is 7.11 Å². The van der Waals surface area contributed by atoms with E-state index in [0.29, 0.717) is 12.3 Å². The van der Waals surface area contributed by atoms with Gasteiger partial charge in [0.1, 0.15) is 5.75 Å². The molecule has 0 bridgehead atoms. The summed E-state index contributed by atoms with van der Waals surface area (Å²) in [6, 6.07) is 11.9. The van der Waals surface area contributed by atoms with Gasteiger partial charge in [-0.25, -0.2) is 4.68 Å². The molecule has 0 aliphatic rings. The fourth-order valence-electron chi connectivity index (χ4n) is 1.97. The van der Waals surface area contributed by atoms with Crippen LogP contribution in [0.25, 0.3) is 5.69 Å². The Hall–Kier alpha value is -2.28. The van der Waals surface area contributed by atoms with E-state index in [1.807, 2.05) is 35.0 Å². The van der Waals surface area contributed by atoms with Gasteiger partial charge in [-0.05, 0) is 24.1 Å². The third kappa shape index (κ3) is 2.76. The Labute approximate surface area is 113 Å². The second-order valence-electron chi connectivity index (χ2n) is 4.66. The summed E-state index contributed by atoms with van der Waals surface area (Å²) in [5.41, 5.74) is 2.85. The molecule has 0 N–H and O–H groups in total. The summed E-state index contributed by atoms with van der Waals surface area (Å²) in [7, 11) is 1.65. The van der Waals surface area contributed by atoms with Crippen LogP contribution in [0.4, 0.5) is 0 Å². The maximum absolute atomic E-state index is 8.79. The third-order valence-electron chi connectivity index (χ3n) is 2.94. The first-order valence-corrected chi connectivity index (χ1v) is 6.26. The molecule has 0 unspecified atom stereocenters. The van der Waals surface area contributed by atoms with Crippen molar-refractivity contribution in [3.8, 4) is 17.5 Å². The van der Waals surface area contributed by atoms with Crippen LogP contribution in [0.2, 0.25) is 0 Å². The van der Waals surface area contributed by atoms with E-state index in [2.05, 4.69) is 25.0 Å². The standard InChI is InChI=1S/C15H17N3O/c1-11(2)15-9-12(7-8-16)17-18(15)13-5-4-6-14(10-13)19-3/h4-6,9-11H,7H2,1-3H3. The molecule has 2 aromatic rings. The lowest BCUT2D eigenvalue weighted by Crippen LogP contribution is -2.04. The third-order valence-corrected chi connectivity index (χ3v) is 2.94. The molecule has 1 aromatic heterocycles. The Kier molecular flexibility index (Phi) is 3.86. The minimum atomic E-state index is 0.330. The van der Waals surface area contributed by atoms with Crippen LogP contribution < -0.4 is 4.74 Å². The van der Waals surface area contributed by atoms with Crippen molar-refractivity contribution in [1.82, 2.24) is 9.78 Å². The SMILES string of the molecule is COc1cccc(-n2nc(CC#N)cc2C(C)C)c1. The first-order chi connectivity index (χ1) is 9.15. The summed E-state index contributed by atoms with van der Waals surface area (Å²) in [4.78, 5) is 0. The lowest BCUT2D eigenvalue weighted by Gasteiger charge is -2.10. The summed E-state index contributed by atoms with van der Waals surface area (Å²) < 4.78 is 7.13. The van der Waals surface area contributed by atoms with Gasteiger partial charge in [0.25, 0.3) is 0 Å². The highest BCUT2D eigenvalue weighted by Crippen LogP contribution is 2.23. The lowest BCUT2D eigenvalue weighted by atomic mass is 10.1. The van der Waals surface area contributed by atoms with Gasteiger partial charge in [0, 0.05) is 11.8 Å². The fraction of sp³-hybridized carbons (Fsp3) is 0.333. The van der Waals surface area contributed by atoms with Gasteiger partial charge in [0.15, 0.2) is 0 Å². The molecule has 4 heteroatoms. The Morgan fingerprint density at radius 1 is 1.37 bits per heavy atom. The molecular formula is C15H17N3O. The van der Waals surface area contributed by atoms with E-state index >= 15 is 0 Å². The average Bonchev–Trinajstić information content (AvgIpc) is 2.83. The Morgan fingerprint density at radius 3 is 2.79 bits per heavy atom. The van der Waals surface area contributed by atoms with Crippen LogP contribution in [0.5, 0.6) is 5.75 Å². The van der Waals surface area contributed by atoms with Crippen LogP contribution in [0.15, 0.2) is 30.3 Å². The smallest absolute Gasteiger partial charge is 0.121 e. The molecule has 0 saturated heterocycles. The number of ether oxygens (including phenoxy) is 1. The fourth-order valence-corrected chi connectivity index (χ4v) is 1.97. The maximum atomic E-state index is 8.79. The maximum Gasteiger partial charge on any atom is 0.121 e. The highest BCUT2D eigenvalue weighted by Gasteiger charge is 2.12. The van der Waals surface area contributed by atoms with E-state index in [-0.39, 0.29) is 0 Å². The van der Waals surface area contributed by atoms with Crippen LogP contribution in [0.1, 0.15) is 31.2 Å². The van der Waals surface area contributed by atoms with Gasteiger partial charge in [-0.15, -0.1) is 0 Å². The lowest BCUT2D eigenvalue weighted by molar-refractivity contribution is 0.414. The molecule has 0 atom stereocenters. The van der Waals surface area contributed by atoms with Gasteiger partial charge in [0.2, 0.25) is 0 Å². The second kappa shape index (κ2) is 5.57. The molecular weight excluding hydrogens is 238 g/mol. The zero-order valence-corrected chi connectivity index (χ0v) is 11.4. The Bertz CT molecular complexity index is 608. The average molecular weight is 255 g/mol. The number of rotatable bonds is 4. The summed E-state index contributed by atoms with van der Waals surface area (Å²) in [6.07, 6.45) is 0.330. The van der Waals surface area contributed by atoms with Crippen molar-refractivity contribution < 1.29 is 4.74 Å². The summed E-state index contributed by atoms with van der Waals surface area (Å²) >= 11 is 0. The van der Waals surface area contributed by atoms with E-state index < -0.39 is 0 Å². The number of hydrogen-bond donors (Lipinski definition) is 0. The second-order valence-corrected chi connectivity index (χ2v) is 4.66. The molecule has 0 radical (unpaired) electrons. The molecule has 0 amide bonds. The molecule has 0 aliphatic heterocycles. The van der Waals surface area contributed by atoms with Crippen molar-refractivity contribution in [3.63, 3.8) is 0 Å². The molecule has 0 saturated carbocycles. The molecule has 1 aromatic carbocycles. The number of hydrogen-bond acceptors (Lipinski definition) is 3. The van der Waals surface area contributed by atoms with Gasteiger partial charge in [-0.2, -0.15) is 10.4 Å². The van der Waals surface area contributed by atoms with Gasteiger partial charge >= 0.3 is 0 Å². The molecule has 98 valence electrons. The number of benzene rings is 1. The number of methoxy groups -OCH3 is 1. The molecule has 0 aliphatic carbocycles. The van der Waals surface area contributed by atoms with E-state index in [0.717, 1.165) is 22.8 Å². The first-order valence-electron chi connectivity index (χ1n) is 6.26. The minimum Gasteiger partial charge on any atom is -0.497 e. The van der Waals surface area contributed by atoms with Crippen molar-refractivity contribution >= 4 is 0 Å². The molecule has 19 heavy (non-hydrogen) atoms. The molecule has 2 rings (SSSR count). The van der Waals surface area contributed by atoms with Crippen molar-refractivity contribution in [2.45, 2.75) is 26.2 Å². The number of aromatic nitrogens is 2. The van der Waals surface area contributed by atoms with Crippen LogP contribution in [0.3, 0.4) is 0 Å². The zero-order chi connectivity index (χ0) is 13.8. The molecule has 0 spiro atoms. The van der Waals surface area contributed by atoms with E-state index in [4.69, 9.17) is 10.00 Å². The Balaban J connectivity index is 2.50. The van der Waals surface area contributed by atoms with Crippen LogP contribution in [-0.2, 0) is 6.42 Å². The zero-order valence-electron chi connectivity index (χ0n) is 11.4. The van der Waals surface area contributed by atoms with Crippen molar-refractivity contribution in [2.75, 3.05) is 7.11 Å². The highest BCUT2D eigenvalue weighted by molar-refractivity contribution is 5.40. The van der Waals surface area contributed by atoms with Gasteiger partial charge in [0.05, 0.1) is 31.0 Å². The topological polar surface area (TPSA) is 50.8 Å². The van der Waals surface area contributed by atoms with Crippen molar-refractivity contribution in [3.05, 3.63) is 41.7 Å². The summed E-state index contributed by atoms with van der Waals surface area (Å²) in [5, 5.41) is 13.3. The van der Waals surface area contributed by atoms with Gasteiger partial charge < -0.3 is 4.74 Å². The summed E-state index contributed by atoms with van der Waals surface area (Å²) in [5.74, 6) is 1.13. The van der Waals surface area contributed by atoms with E-state index in [9.17, 15) is 0 Å². The minimum absolute atomic E-state index is 0.330. The molecule has 4 nitrogen and oxygen atoms in total.